The molecule has 2 aromatic heterocycles. The molecule has 0 aliphatic carbocycles. The fourth-order valence-electron chi connectivity index (χ4n) is 2.72. The molecule has 0 atom stereocenters. The van der Waals surface area contributed by atoms with Gasteiger partial charge in [-0.25, -0.2) is 4.98 Å². The molecule has 0 spiro atoms. The monoisotopic (exact) mass is 302 g/mol. The van der Waals surface area contributed by atoms with Gasteiger partial charge >= 0.3 is 0 Å². The van der Waals surface area contributed by atoms with Crippen LogP contribution in [0.1, 0.15) is 21.7 Å². The highest BCUT2D eigenvalue weighted by Gasteiger charge is 2.21. The van der Waals surface area contributed by atoms with Crippen LogP contribution in [0.3, 0.4) is 0 Å². The molecule has 0 N–H and O–H groups in total. The summed E-state index contributed by atoms with van der Waals surface area (Å²) in [7, 11) is 0. The molecular formula is C19H14N2O2. The summed E-state index contributed by atoms with van der Waals surface area (Å²) < 4.78 is 7.81. The van der Waals surface area contributed by atoms with E-state index in [-0.39, 0.29) is 5.78 Å². The molecule has 0 amide bonds. The first kappa shape index (κ1) is 13.5. The Morgan fingerprint density at radius 2 is 1.83 bits per heavy atom. The van der Waals surface area contributed by atoms with E-state index >= 15 is 0 Å². The fourth-order valence-corrected chi connectivity index (χ4v) is 2.72. The van der Waals surface area contributed by atoms with E-state index in [9.17, 15) is 4.79 Å². The number of ketones is 1. The van der Waals surface area contributed by atoms with E-state index in [1.807, 2.05) is 53.2 Å². The van der Waals surface area contributed by atoms with Gasteiger partial charge in [0.1, 0.15) is 5.58 Å². The van der Waals surface area contributed by atoms with Gasteiger partial charge in [0.05, 0.1) is 12.9 Å². The molecule has 4 heteroatoms. The van der Waals surface area contributed by atoms with E-state index in [1.165, 1.54) is 0 Å². The summed E-state index contributed by atoms with van der Waals surface area (Å²) in [5.74, 6) is 0.294. The van der Waals surface area contributed by atoms with Crippen LogP contribution < -0.4 is 0 Å². The molecule has 0 saturated carbocycles. The maximum absolute atomic E-state index is 12.8. The molecule has 23 heavy (non-hydrogen) atoms. The van der Waals surface area contributed by atoms with Crippen molar-refractivity contribution in [1.82, 2.24) is 9.55 Å². The lowest BCUT2D eigenvalue weighted by atomic mass is 10.0. The van der Waals surface area contributed by atoms with Crippen LogP contribution in [0.15, 0.2) is 77.7 Å². The summed E-state index contributed by atoms with van der Waals surface area (Å²) in [6.07, 6.45) is 5.33. The van der Waals surface area contributed by atoms with Crippen LogP contribution in [0.2, 0.25) is 0 Å². The molecule has 4 rings (SSSR count). The molecular weight excluding hydrogens is 288 g/mol. The van der Waals surface area contributed by atoms with Crippen LogP contribution in [0, 0.1) is 0 Å². The summed E-state index contributed by atoms with van der Waals surface area (Å²) in [6.45, 7) is 0.547. The van der Waals surface area contributed by atoms with Crippen LogP contribution in [0.5, 0.6) is 0 Å². The van der Waals surface area contributed by atoms with Crippen molar-refractivity contribution in [2.45, 2.75) is 6.54 Å². The van der Waals surface area contributed by atoms with Crippen molar-refractivity contribution in [3.05, 3.63) is 90.2 Å². The van der Waals surface area contributed by atoms with Crippen LogP contribution in [-0.4, -0.2) is 15.3 Å². The van der Waals surface area contributed by atoms with Crippen LogP contribution in [-0.2, 0) is 6.54 Å². The van der Waals surface area contributed by atoms with Crippen molar-refractivity contribution in [2.24, 2.45) is 0 Å². The summed E-state index contributed by atoms with van der Waals surface area (Å²) >= 11 is 0. The average molecular weight is 302 g/mol. The Morgan fingerprint density at radius 1 is 1.04 bits per heavy atom. The number of hydrogen-bond donors (Lipinski definition) is 0. The van der Waals surface area contributed by atoms with E-state index < -0.39 is 0 Å². The smallest absolute Gasteiger partial charge is 0.228 e. The predicted molar refractivity (Wildman–Crippen MR) is 87.4 cm³/mol. The van der Waals surface area contributed by atoms with Gasteiger partial charge in [-0.15, -0.1) is 0 Å². The molecule has 2 aromatic carbocycles. The molecule has 0 aliphatic heterocycles. The number of fused-ring (bicyclic) bond motifs is 1. The molecule has 4 nitrogen and oxygen atoms in total. The van der Waals surface area contributed by atoms with Gasteiger partial charge < -0.3 is 8.98 Å². The van der Waals surface area contributed by atoms with Gasteiger partial charge in [0.2, 0.25) is 5.78 Å². The third-order valence-corrected chi connectivity index (χ3v) is 3.84. The van der Waals surface area contributed by atoms with Gasteiger partial charge in [-0.3, -0.25) is 4.79 Å². The van der Waals surface area contributed by atoms with Crippen molar-refractivity contribution in [2.75, 3.05) is 0 Å². The number of aromatic nitrogens is 2. The van der Waals surface area contributed by atoms with Crippen molar-refractivity contribution in [3.8, 4) is 0 Å². The number of carbonyl (C=O) groups is 1. The Hall–Kier alpha value is -3.14. The van der Waals surface area contributed by atoms with E-state index in [0.29, 0.717) is 17.9 Å². The molecule has 0 radical (unpaired) electrons. The first-order valence-electron chi connectivity index (χ1n) is 7.39. The molecule has 0 fully saturated rings. The zero-order valence-corrected chi connectivity index (χ0v) is 12.3. The number of furan rings is 1. The molecule has 0 unspecified atom stereocenters. The first-order chi connectivity index (χ1) is 11.3. The second-order valence-electron chi connectivity index (χ2n) is 5.34. The lowest BCUT2D eigenvalue weighted by molar-refractivity contribution is 0.101. The zero-order valence-electron chi connectivity index (χ0n) is 12.3. The summed E-state index contributed by atoms with van der Waals surface area (Å²) in [4.78, 5) is 16.9. The van der Waals surface area contributed by atoms with Crippen molar-refractivity contribution in [3.63, 3.8) is 0 Å². The van der Waals surface area contributed by atoms with Crippen LogP contribution in [0.4, 0.5) is 0 Å². The number of para-hydroxylation sites is 1. The number of carbonyl (C=O) groups excluding carboxylic acids is 1. The van der Waals surface area contributed by atoms with Crippen molar-refractivity contribution >= 4 is 16.8 Å². The normalized spacial score (nSPS) is 11.0. The highest BCUT2D eigenvalue weighted by Crippen LogP contribution is 2.28. The lowest BCUT2D eigenvalue weighted by Gasteiger charge is -2.04. The van der Waals surface area contributed by atoms with Crippen LogP contribution in [0.25, 0.3) is 11.0 Å². The summed E-state index contributed by atoms with van der Waals surface area (Å²) in [5.41, 5.74) is 2.23. The molecule has 4 aromatic rings. The SMILES string of the molecule is O=C(c1ccccc1)c1oc2ccccc2c1Cn1ccnc1. The minimum absolute atomic E-state index is 0.100. The second-order valence-corrected chi connectivity index (χ2v) is 5.34. The maximum Gasteiger partial charge on any atom is 0.228 e. The van der Waals surface area contributed by atoms with E-state index in [2.05, 4.69) is 4.98 Å². The zero-order chi connectivity index (χ0) is 15.6. The number of benzene rings is 2. The standard InChI is InChI=1S/C19H14N2O2/c22-18(14-6-2-1-3-7-14)19-16(12-21-11-10-20-13-21)15-8-4-5-9-17(15)23-19/h1-11,13H,12H2. The highest BCUT2D eigenvalue weighted by molar-refractivity contribution is 6.10. The van der Waals surface area contributed by atoms with E-state index in [1.54, 1.807) is 24.7 Å². The van der Waals surface area contributed by atoms with E-state index in [4.69, 9.17) is 4.42 Å². The quantitative estimate of drug-likeness (QED) is 0.537. The molecule has 0 bridgehead atoms. The number of rotatable bonds is 4. The Morgan fingerprint density at radius 3 is 2.61 bits per heavy atom. The fraction of sp³-hybridized carbons (Fsp3) is 0.0526. The Bertz CT molecular complexity index is 954. The average Bonchev–Trinajstić information content (AvgIpc) is 3.24. The Labute approximate surface area is 133 Å². The highest BCUT2D eigenvalue weighted by atomic mass is 16.3. The number of imidazole rings is 1. The van der Waals surface area contributed by atoms with Gasteiger partial charge in [-0.2, -0.15) is 0 Å². The first-order valence-corrected chi connectivity index (χ1v) is 7.39. The van der Waals surface area contributed by atoms with Gasteiger partial charge in [-0.05, 0) is 6.07 Å². The lowest BCUT2D eigenvalue weighted by Crippen LogP contribution is -2.06. The van der Waals surface area contributed by atoms with Gasteiger partial charge in [0.15, 0.2) is 5.76 Å². The van der Waals surface area contributed by atoms with Crippen LogP contribution >= 0.6 is 0 Å². The Balaban J connectivity index is 1.87. The maximum atomic E-state index is 12.8. The third-order valence-electron chi connectivity index (χ3n) is 3.84. The summed E-state index contributed by atoms with van der Waals surface area (Å²) in [6, 6.07) is 16.9. The van der Waals surface area contributed by atoms with Gasteiger partial charge in [0, 0.05) is 28.9 Å². The van der Waals surface area contributed by atoms with E-state index in [0.717, 1.165) is 16.5 Å². The molecule has 112 valence electrons. The third kappa shape index (κ3) is 2.44. The number of hydrogen-bond acceptors (Lipinski definition) is 3. The second kappa shape index (κ2) is 5.57. The van der Waals surface area contributed by atoms with Gasteiger partial charge in [0.25, 0.3) is 0 Å². The summed E-state index contributed by atoms with van der Waals surface area (Å²) in [5, 5.41) is 0.959. The number of nitrogens with zero attached hydrogens (tertiary/aromatic N) is 2. The Kier molecular flexibility index (Phi) is 3.27. The minimum Gasteiger partial charge on any atom is -0.452 e. The van der Waals surface area contributed by atoms with Crippen molar-refractivity contribution < 1.29 is 9.21 Å². The van der Waals surface area contributed by atoms with Crippen molar-refractivity contribution in [1.29, 1.82) is 0 Å². The minimum atomic E-state index is -0.100. The van der Waals surface area contributed by atoms with Gasteiger partial charge in [-0.1, -0.05) is 48.5 Å². The largest absolute Gasteiger partial charge is 0.452 e. The molecule has 2 heterocycles. The topological polar surface area (TPSA) is 48.0 Å². The molecule has 0 aliphatic rings. The predicted octanol–water partition coefficient (Wildman–Crippen LogP) is 3.91. The molecule has 0 saturated heterocycles.